The maximum absolute atomic E-state index is 11.6. The Morgan fingerprint density at radius 1 is 1.14 bits per heavy atom. The molecule has 0 atom stereocenters. The number of carbonyl (C=O) groups is 1. The van der Waals surface area contributed by atoms with Crippen LogP contribution >= 0.6 is 0 Å². The summed E-state index contributed by atoms with van der Waals surface area (Å²) in [5.41, 5.74) is 1.51. The standard InChI is InChI=1S/C18H18O4/c1-3-22-14-10-8-13(9-11-14)12-16(18(19)20)15-6-4-5-7-17(15)21-2/h4-12H,3H2,1-2H3,(H,19,20)/b16-12+. The highest BCUT2D eigenvalue weighted by atomic mass is 16.5. The van der Waals surface area contributed by atoms with Gasteiger partial charge in [0.25, 0.3) is 0 Å². The van der Waals surface area contributed by atoms with Gasteiger partial charge in [0.2, 0.25) is 0 Å². The molecule has 0 aliphatic carbocycles. The van der Waals surface area contributed by atoms with Gasteiger partial charge < -0.3 is 14.6 Å². The van der Waals surface area contributed by atoms with Crippen molar-refractivity contribution in [3.63, 3.8) is 0 Å². The summed E-state index contributed by atoms with van der Waals surface area (Å²) < 4.78 is 10.6. The number of carboxylic acid groups (broad SMARTS) is 1. The SMILES string of the molecule is CCOc1ccc(/C=C(/C(=O)O)c2ccccc2OC)cc1. The third-order valence-electron chi connectivity index (χ3n) is 3.13. The predicted molar refractivity (Wildman–Crippen MR) is 86.1 cm³/mol. The lowest BCUT2D eigenvalue weighted by molar-refractivity contribution is -0.130. The molecule has 0 radical (unpaired) electrons. The number of benzene rings is 2. The second-order valence-corrected chi connectivity index (χ2v) is 4.57. The molecule has 2 rings (SSSR count). The monoisotopic (exact) mass is 298 g/mol. The van der Waals surface area contributed by atoms with E-state index in [0.717, 1.165) is 11.3 Å². The average Bonchev–Trinajstić information content (AvgIpc) is 2.54. The zero-order valence-electron chi connectivity index (χ0n) is 12.6. The minimum absolute atomic E-state index is 0.182. The van der Waals surface area contributed by atoms with Crippen LogP contribution < -0.4 is 9.47 Å². The normalized spacial score (nSPS) is 11.1. The smallest absolute Gasteiger partial charge is 0.336 e. The quantitative estimate of drug-likeness (QED) is 0.652. The van der Waals surface area contributed by atoms with Crippen molar-refractivity contribution in [3.8, 4) is 11.5 Å². The van der Waals surface area contributed by atoms with Crippen molar-refractivity contribution < 1.29 is 19.4 Å². The number of aliphatic carboxylic acids is 1. The van der Waals surface area contributed by atoms with Gasteiger partial charge in [-0.05, 0) is 36.8 Å². The molecule has 1 N–H and O–H groups in total. The van der Waals surface area contributed by atoms with Crippen molar-refractivity contribution >= 4 is 17.6 Å². The molecule has 0 aliphatic rings. The van der Waals surface area contributed by atoms with Crippen LogP contribution in [0.25, 0.3) is 11.6 Å². The van der Waals surface area contributed by atoms with Gasteiger partial charge in [-0.25, -0.2) is 4.79 Å². The van der Waals surface area contributed by atoms with Gasteiger partial charge in [0.15, 0.2) is 0 Å². The summed E-state index contributed by atoms with van der Waals surface area (Å²) in [4.78, 5) is 11.6. The van der Waals surface area contributed by atoms with Crippen molar-refractivity contribution in [1.29, 1.82) is 0 Å². The number of hydrogen-bond donors (Lipinski definition) is 1. The molecule has 0 saturated heterocycles. The zero-order valence-corrected chi connectivity index (χ0v) is 12.6. The summed E-state index contributed by atoms with van der Waals surface area (Å²) in [6, 6.07) is 14.3. The first-order valence-electron chi connectivity index (χ1n) is 6.97. The van der Waals surface area contributed by atoms with E-state index in [1.54, 1.807) is 30.3 Å². The van der Waals surface area contributed by atoms with Crippen molar-refractivity contribution in [1.82, 2.24) is 0 Å². The average molecular weight is 298 g/mol. The van der Waals surface area contributed by atoms with Crippen LogP contribution in [0.1, 0.15) is 18.1 Å². The van der Waals surface area contributed by atoms with Crippen LogP contribution in [-0.4, -0.2) is 24.8 Å². The molecule has 0 saturated carbocycles. The molecule has 0 aromatic heterocycles. The first-order chi connectivity index (χ1) is 10.7. The van der Waals surface area contributed by atoms with E-state index in [0.29, 0.717) is 17.9 Å². The van der Waals surface area contributed by atoms with Gasteiger partial charge in [-0.15, -0.1) is 0 Å². The fourth-order valence-electron chi connectivity index (χ4n) is 2.12. The van der Waals surface area contributed by atoms with Crippen LogP contribution in [0, 0.1) is 0 Å². The maximum Gasteiger partial charge on any atom is 0.336 e. The van der Waals surface area contributed by atoms with E-state index in [2.05, 4.69) is 0 Å². The summed E-state index contributed by atoms with van der Waals surface area (Å²) in [6.07, 6.45) is 1.62. The molecular weight excluding hydrogens is 280 g/mol. The molecule has 0 spiro atoms. The summed E-state index contributed by atoms with van der Waals surface area (Å²) in [5, 5.41) is 9.50. The highest BCUT2D eigenvalue weighted by Crippen LogP contribution is 2.28. The van der Waals surface area contributed by atoms with Gasteiger partial charge in [-0.1, -0.05) is 30.3 Å². The number of methoxy groups -OCH3 is 1. The second-order valence-electron chi connectivity index (χ2n) is 4.57. The van der Waals surface area contributed by atoms with Crippen LogP contribution in [0.5, 0.6) is 11.5 Å². The van der Waals surface area contributed by atoms with Crippen LogP contribution in [-0.2, 0) is 4.79 Å². The molecule has 0 heterocycles. The van der Waals surface area contributed by atoms with Crippen molar-refractivity contribution in [3.05, 3.63) is 59.7 Å². The Morgan fingerprint density at radius 2 is 1.82 bits per heavy atom. The van der Waals surface area contributed by atoms with E-state index in [1.807, 2.05) is 31.2 Å². The summed E-state index contributed by atoms with van der Waals surface area (Å²) in [7, 11) is 1.52. The molecular formula is C18H18O4. The van der Waals surface area contributed by atoms with E-state index in [-0.39, 0.29) is 5.57 Å². The van der Waals surface area contributed by atoms with E-state index in [4.69, 9.17) is 9.47 Å². The number of rotatable bonds is 6. The van der Waals surface area contributed by atoms with Gasteiger partial charge in [0.1, 0.15) is 11.5 Å². The minimum Gasteiger partial charge on any atom is -0.496 e. The summed E-state index contributed by atoms with van der Waals surface area (Å²) >= 11 is 0. The van der Waals surface area contributed by atoms with Crippen molar-refractivity contribution in [2.75, 3.05) is 13.7 Å². The molecule has 0 aliphatic heterocycles. The summed E-state index contributed by atoms with van der Waals surface area (Å²) in [5.74, 6) is 0.286. The van der Waals surface area contributed by atoms with E-state index in [1.165, 1.54) is 7.11 Å². The number of hydrogen-bond acceptors (Lipinski definition) is 3. The van der Waals surface area contributed by atoms with Gasteiger partial charge >= 0.3 is 5.97 Å². The summed E-state index contributed by atoms with van der Waals surface area (Å²) in [6.45, 7) is 2.51. The molecule has 0 fully saturated rings. The minimum atomic E-state index is -1.00. The van der Waals surface area contributed by atoms with Gasteiger partial charge in [0.05, 0.1) is 19.3 Å². The molecule has 22 heavy (non-hydrogen) atoms. The van der Waals surface area contributed by atoms with Gasteiger partial charge in [-0.3, -0.25) is 0 Å². The van der Waals surface area contributed by atoms with Crippen LogP contribution in [0.4, 0.5) is 0 Å². The Bertz CT molecular complexity index is 672. The third kappa shape index (κ3) is 3.67. The molecule has 0 amide bonds. The first kappa shape index (κ1) is 15.6. The van der Waals surface area contributed by atoms with E-state index >= 15 is 0 Å². The van der Waals surface area contributed by atoms with Crippen LogP contribution in [0.2, 0.25) is 0 Å². The third-order valence-corrected chi connectivity index (χ3v) is 3.13. The topological polar surface area (TPSA) is 55.8 Å². The fraction of sp³-hybridized carbons (Fsp3) is 0.167. The van der Waals surface area contributed by atoms with Crippen LogP contribution in [0.15, 0.2) is 48.5 Å². The van der Waals surface area contributed by atoms with Gasteiger partial charge in [0, 0.05) is 5.56 Å². The first-order valence-corrected chi connectivity index (χ1v) is 6.97. The fourth-order valence-corrected chi connectivity index (χ4v) is 2.12. The van der Waals surface area contributed by atoms with Crippen molar-refractivity contribution in [2.45, 2.75) is 6.92 Å². The molecule has 0 unspecified atom stereocenters. The van der Waals surface area contributed by atoms with Crippen molar-refractivity contribution in [2.24, 2.45) is 0 Å². The maximum atomic E-state index is 11.6. The number of carboxylic acids is 1. The Morgan fingerprint density at radius 3 is 2.41 bits per heavy atom. The molecule has 2 aromatic rings. The highest BCUT2D eigenvalue weighted by Gasteiger charge is 2.14. The molecule has 4 heteroatoms. The highest BCUT2D eigenvalue weighted by molar-refractivity contribution is 6.21. The lowest BCUT2D eigenvalue weighted by Crippen LogP contribution is -2.01. The Balaban J connectivity index is 2.41. The number of para-hydroxylation sites is 1. The second kappa shape index (κ2) is 7.31. The molecule has 4 nitrogen and oxygen atoms in total. The largest absolute Gasteiger partial charge is 0.496 e. The van der Waals surface area contributed by atoms with E-state index < -0.39 is 5.97 Å². The molecule has 0 bridgehead atoms. The van der Waals surface area contributed by atoms with E-state index in [9.17, 15) is 9.90 Å². The Labute approximate surface area is 129 Å². The lowest BCUT2D eigenvalue weighted by Gasteiger charge is -2.09. The molecule has 114 valence electrons. The Hall–Kier alpha value is -2.75. The molecule has 2 aromatic carbocycles. The predicted octanol–water partition coefficient (Wildman–Crippen LogP) is 3.72. The lowest BCUT2D eigenvalue weighted by atomic mass is 10.0. The Kier molecular flexibility index (Phi) is 5.20. The zero-order chi connectivity index (χ0) is 15.9. The van der Waals surface area contributed by atoms with Gasteiger partial charge in [-0.2, -0.15) is 0 Å². The number of ether oxygens (including phenoxy) is 2. The van der Waals surface area contributed by atoms with Crippen LogP contribution in [0.3, 0.4) is 0 Å².